The van der Waals surface area contributed by atoms with Gasteiger partial charge in [-0.2, -0.15) is 0 Å². The van der Waals surface area contributed by atoms with Gasteiger partial charge >= 0.3 is 0 Å². The number of rotatable bonds is 3. The number of methoxy groups -OCH3 is 1. The van der Waals surface area contributed by atoms with Gasteiger partial charge in [0.2, 0.25) is 5.43 Å². The topological polar surface area (TPSA) is 62.4 Å². The van der Waals surface area contributed by atoms with Crippen molar-refractivity contribution in [3.8, 4) is 5.75 Å². The van der Waals surface area contributed by atoms with E-state index >= 15 is 0 Å². The number of aromatic amines is 1. The van der Waals surface area contributed by atoms with Crippen molar-refractivity contribution in [2.45, 2.75) is 25.7 Å². The predicted molar refractivity (Wildman–Crippen MR) is 110 cm³/mol. The third-order valence-corrected chi connectivity index (χ3v) is 5.71. The molecule has 1 N–H and O–H groups in total. The Morgan fingerprint density at radius 3 is 2.50 bits per heavy atom. The maximum Gasteiger partial charge on any atom is 0.259 e. The van der Waals surface area contributed by atoms with Gasteiger partial charge < -0.3 is 14.6 Å². The fourth-order valence-electron chi connectivity index (χ4n) is 4.11. The first-order valence-corrected chi connectivity index (χ1v) is 9.63. The molecule has 2 aromatic carbocycles. The molecule has 2 heterocycles. The van der Waals surface area contributed by atoms with Crippen LogP contribution in [0.3, 0.4) is 0 Å². The summed E-state index contributed by atoms with van der Waals surface area (Å²) in [5.74, 6) is 0.865. The Kier molecular flexibility index (Phi) is 4.90. The first-order valence-electron chi connectivity index (χ1n) is 9.63. The molecule has 0 atom stereocenters. The number of nitrogens with zero attached hydrogens (tertiary/aromatic N) is 1. The van der Waals surface area contributed by atoms with Crippen LogP contribution in [0, 0.1) is 6.92 Å². The number of aromatic nitrogens is 1. The molecule has 0 spiro atoms. The Bertz CT molecular complexity index is 1060. The number of amides is 1. The van der Waals surface area contributed by atoms with Crippen molar-refractivity contribution in [1.29, 1.82) is 0 Å². The van der Waals surface area contributed by atoms with Crippen molar-refractivity contribution < 1.29 is 9.53 Å². The summed E-state index contributed by atoms with van der Waals surface area (Å²) in [4.78, 5) is 31.0. The van der Waals surface area contributed by atoms with Crippen molar-refractivity contribution in [2.24, 2.45) is 0 Å². The smallest absolute Gasteiger partial charge is 0.259 e. The summed E-state index contributed by atoms with van der Waals surface area (Å²) < 4.78 is 5.34. The van der Waals surface area contributed by atoms with E-state index in [0.717, 1.165) is 18.4 Å². The molecule has 1 amide bonds. The number of ether oxygens (including phenoxy) is 1. The van der Waals surface area contributed by atoms with Gasteiger partial charge in [0.05, 0.1) is 18.0 Å². The van der Waals surface area contributed by atoms with Crippen LogP contribution in [-0.2, 0) is 0 Å². The van der Waals surface area contributed by atoms with Crippen LogP contribution < -0.4 is 10.2 Å². The Labute approximate surface area is 163 Å². The van der Waals surface area contributed by atoms with Gasteiger partial charge in [-0.05, 0) is 42.9 Å². The van der Waals surface area contributed by atoms with Crippen LogP contribution in [0.2, 0.25) is 0 Å². The Balaban J connectivity index is 1.59. The van der Waals surface area contributed by atoms with Crippen molar-refractivity contribution >= 4 is 16.8 Å². The molecule has 0 radical (unpaired) electrons. The van der Waals surface area contributed by atoms with E-state index in [9.17, 15) is 9.59 Å². The normalized spacial score (nSPS) is 15.0. The van der Waals surface area contributed by atoms with Crippen molar-refractivity contribution in [1.82, 2.24) is 9.88 Å². The molecular weight excluding hydrogens is 352 g/mol. The summed E-state index contributed by atoms with van der Waals surface area (Å²) >= 11 is 0. The third kappa shape index (κ3) is 3.17. The Morgan fingerprint density at radius 2 is 1.82 bits per heavy atom. The molecule has 1 aromatic heterocycles. The quantitative estimate of drug-likeness (QED) is 0.755. The zero-order valence-electron chi connectivity index (χ0n) is 16.2. The van der Waals surface area contributed by atoms with E-state index in [2.05, 4.69) is 29.2 Å². The van der Waals surface area contributed by atoms with E-state index in [-0.39, 0.29) is 16.9 Å². The fourth-order valence-corrected chi connectivity index (χ4v) is 4.11. The molecule has 1 saturated heterocycles. The minimum absolute atomic E-state index is 0.196. The molecule has 144 valence electrons. The van der Waals surface area contributed by atoms with Crippen molar-refractivity contribution in [2.75, 3.05) is 20.2 Å². The number of hydrogen-bond acceptors (Lipinski definition) is 3. The lowest BCUT2D eigenvalue weighted by Crippen LogP contribution is -2.40. The van der Waals surface area contributed by atoms with Gasteiger partial charge in [-0.25, -0.2) is 0 Å². The van der Waals surface area contributed by atoms with E-state index in [4.69, 9.17) is 4.74 Å². The number of likely N-dealkylation sites (tertiary alicyclic amines) is 1. The van der Waals surface area contributed by atoms with Gasteiger partial charge in [0.15, 0.2) is 0 Å². The van der Waals surface area contributed by atoms with Crippen LogP contribution in [0.1, 0.15) is 40.2 Å². The maximum absolute atomic E-state index is 13.1. The van der Waals surface area contributed by atoms with E-state index < -0.39 is 0 Å². The molecule has 3 aromatic rings. The highest BCUT2D eigenvalue weighted by atomic mass is 16.5. The van der Waals surface area contributed by atoms with Gasteiger partial charge in [-0.15, -0.1) is 0 Å². The summed E-state index contributed by atoms with van der Waals surface area (Å²) in [6.45, 7) is 3.19. The second-order valence-electron chi connectivity index (χ2n) is 7.34. The Hall–Kier alpha value is -3.08. The van der Waals surface area contributed by atoms with Crippen LogP contribution >= 0.6 is 0 Å². The summed E-state index contributed by atoms with van der Waals surface area (Å²) in [6, 6.07) is 14.1. The van der Waals surface area contributed by atoms with Gasteiger partial charge in [-0.1, -0.05) is 36.4 Å². The second kappa shape index (κ2) is 7.50. The lowest BCUT2D eigenvalue weighted by atomic mass is 9.89. The molecule has 1 aliphatic heterocycles. The van der Waals surface area contributed by atoms with Crippen LogP contribution in [0.15, 0.2) is 53.5 Å². The number of piperidine rings is 1. The van der Waals surface area contributed by atoms with Crippen LogP contribution in [0.4, 0.5) is 0 Å². The average Bonchev–Trinajstić information content (AvgIpc) is 2.74. The number of pyridine rings is 1. The molecule has 28 heavy (non-hydrogen) atoms. The first kappa shape index (κ1) is 18.3. The van der Waals surface area contributed by atoms with Gasteiger partial charge in [-0.3, -0.25) is 9.59 Å². The van der Waals surface area contributed by atoms with Crippen molar-refractivity contribution in [3.63, 3.8) is 0 Å². The molecule has 5 nitrogen and oxygen atoms in total. The molecule has 5 heteroatoms. The highest BCUT2D eigenvalue weighted by molar-refractivity contribution is 5.98. The molecule has 1 fully saturated rings. The number of hydrogen-bond donors (Lipinski definition) is 1. The molecule has 0 unspecified atom stereocenters. The van der Waals surface area contributed by atoms with Gasteiger partial charge in [0.1, 0.15) is 11.3 Å². The fraction of sp³-hybridized carbons (Fsp3) is 0.304. The zero-order valence-corrected chi connectivity index (χ0v) is 16.2. The number of benzene rings is 2. The van der Waals surface area contributed by atoms with Crippen LogP contribution in [-0.4, -0.2) is 36.0 Å². The molecular formula is C23H24N2O3. The second-order valence-corrected chi connectivity index (χ2v) is 7.34. The minimum atomic E-state index is -0.236. The molecule has 1 aliphatic rings. The number of nitrogens with one attached hydrogen (secondary N) is 1. The number of carbonyl (C=O) groups excluding carboxylic acids is 1. The van der Waals surface area contributed by atoms with E-state index in [1.807, 2.05) is 25.1 Å². The average molecular weight is 376 g/mol. The molecule has 4 rings (SSSR count). The highest BCUT2D eigenvalue weighted by Crippen LogP contribution is 2.29. The van der Waals surface area contributed by atoms with Gasteiger partial charge in [0.25, 0.3) is 5.91 Å². The largest absolute Gasteiger partial charge is 0.495 e. The van der Waals surface area contributed by atoms with Crippen molar-refractivity contribution in [3.05, 3.63) is 75.6 Å². The van der Waals surface area contributed by atoms with E-state index in [1.54, 1.807) is 12.0 Å². The summed E-state index contributed by atoms with van der Waals surface area (Å²) in [6.07, 6.45) is 3.35. The first-order chi connectivity index (χ1) is 13.6. The third-order valence-electron chi connectivity index (χ3n) is 5.71. The zero-order chi connectivity index (χ0) is 19.7. The number of fused-ring (bicyclic) bond motifs is 1. The van der Waals surface area contributed by atoms with E-state index in [0.29, 0.717) is 35.7 Å². The summed E-state index contributed by atoms with van der Waals surface area (Å²) in [7, 11) is 1.57. The summed E-state index contributed by atoms with van der Waals surface area (Å²) in [5.41, 5.74) is 2.74. The van der Waals surface area contributed by atoms with Crippen LogP contribution in [0.5, 0.6) is 5.75 Å². The number of carbonyl (C=O) groups is 1. The molecule has 0 saturated carbocycles. The standard InChI is InChI=1S/C23H24N2O3/c1-15-8-9-19(28-2)21-20(15)22(26)18(14-24-21)23(27)25-12-10-17(11-13-25)16-6-4-3-5-7-16/h3-9,14,17H,10-13H2,1-2H3,(H,24,26). The molecule has 0 aliphatic carbocycles. The predicted octanol–water partition coefficient (Wildman–Crippen LogP) is 3.86. The number of aryl methyl sites for hydroxylation is 1. The Morgan fingerprint density at radius 1 is 1.11 bits per heavy atom. The highest BCUT2D eigenvalue weighted by Gasteiger charge is 2.26. The monoisotopic (exact) mass is 376 g/mol. The summed E-state index contributed by atoms with van der Waals surface area (Å²) in [5, 5.41) is 0.518. The van der Waals surface area contributed by atoms with Gasteiger partial charge in [0, 0.05) is 19.3 Å². The minimum Gasteiger partial charge on any atom is -0.495 e. The van der Waals surface area contributed by atoms with E-state index in [1.165, 1.54) is 11.8 Å². The lowest BCUT2D eigenvalue weighted by Gasteiger charge is -2.32. The molecule has 0 bridgehead atoms. The van der Waals surface area contributed by atoms with Crippen LogP contribution in [0.25, 0.3) is 10.9 Å². The maximum atomic E-state index is 13.1. The lowest BCUT2D eigenvalue weighted by molar-refractivity contribution is 0.0711. The number of H-pyrrole nitrogens is 1. The SMILES string of the molecule is COc1ccc(C)c2c(=O)c(C(=O)N3CCC(c4ccccc4)CC3)c[nH]c12.